The first-order valence-corrected chi connectivity index (χ1v) is 9.48. The first-order chi connectivity index (χ1) is 13.8. The molecule has 0 saturated heterocycles. The molecule has 0 N–H and O–H groups in total. The van der Waals surface area contributed by atoms with Crippen LogP contribution in [0.3, 0.4) is 0 Å². The van der Waals surface area contributed by atoms with Gasteiger partial charge in [0.15, 0.2) is 12.4 Å². The predicted molar refractivity (Wildman–Crippen MR) is 111 cm³/mol. The van der Waals surface area contributed by atoms with E-state index in [-0.39, 0.29) is 35.7 Å². The molecule has 0 atom stereocenters. The summed E-state index contributed by atoms with van der Waals surface area (Å²) in [6.45, 7) is 0.328. The van der Waals surface area contributed by atoms with Gasteiger partial charge in [0.2, 0.25) is 12.3 Å². The Morgan fingerprint density at radius 1 is 0.655 bits per heavy atom. The van der Waals surface area contributed by atoms with Gasteiger partial charge in [-0.15, -0.1) is 0 Å². The number of carbonyl (C=O) groups is 1. The van der Waals surface area contributed by atoms with Crippen molar-refractivity contribution in [1.29, 1.82) is 0 Å². The second kappa shape index (κ2) is 10.1. The van der Waals surface area contributed by atoms with Crippen molar-refractivity contribution in [2.24, 2.45) is 0 Å². The van der Waals surface area contributed by atoms with Crippen molar-refractivity contribution in [3.8, 4) is 0 Å². The van der Waals surface area contributed by atoms with Gasteiger partial charge in [0.1, 0.15) is 0 Å². The third kappa shape index (κ3) is 5.18. The van der Waals surface area contributed by atoms with Crippen LogP contribution in [-0.2, 0) is 6.54 Å². The van der Waals surface area contributed by atoms with E-state index in [0.29, 0.717) is 6.54 Å². The summed E-state index contributed by atoms with van der Waals surface area (Å²) in [5.41, 5.74) is 4.38. The van der Waals surface area contributed by atoms with Crippen molar-refractivity contribution in [3.05, 3.63) is 138 Å². The molecule has 2 nitrogen and oxygen atoms in total. The van der Waals surface area contributed by atoms with Crippen LogP contribution in [0.4, 0.5) is 0 Å². The molecule has 0 fully saturated rings. The summed E-state index contributed by atoms with van der Waals surface area (Å²) in [4.78, 5) is 12.6. The van der Waals surface area contributed by atoms with Crippen molar-refractivity contribution in [1.82, 2.24) is 0 Å². The number of rotatable bonds is 6. The van der Waals surface area contributed by atoms with Gasteiger partial charge in [-0.1, -0.05) is 91.0 Å². The summed E-state index contributed by atoms with van der Waals surface area (Å²) >= 11 is 0. The molecule has 4 rings (SSSR count). The van der Waals surface area contributed by atoms with Gasteiger partial charge in [-0.05, 0) is 17.2 Å². The molecule has 0 aliphatic rings. The van der Waals surface area contributed by atoms with Crippen LogP contribution in [-0.4, -0.2) is 5.78 Å². The molecule has 1 heterocycles. The predicted octanol–water partition coefficient (Wildman–Crippen LogP) is 2.04. The summed E-state index contributed by atoms with van der Waals surface area (Å²) < 4.78 is 1.98. The van der Waals surface area contributed by atoms with Crippen LogP contribution in [0.1, 0.15) is 33.0 Å². The lowest BCUT2D eigenvalue weighted by Gasteiger charge is -2.17. The maximum atomic E-state index is 12.6. The van der Waals surface area contributed by atoms with E-state index >= 15 is 0 Å². The van der Waals surface area contributed by atoms with Gasteiger partial charge < -0.3 is 24.0 Å². The largest absolute Gasteiger partial charge is 1.00 e. The molecule has 0 spiro atoms. The Labute approximate surface area is 188 Å². The van der Waals surface area contributed by atoms with Crippen LogP contribution >= 0.6 is 0 Å². The SMILES string of the molecule is O=C(C[n+]1cccc(C(c2ccccc2)c2ccccc2)c1)c1ccccc1.[I-]. The fourth-order valence-electron chi connectivity index (χ4n) is 3.56. The number of hydrogen-bond donors (Lipinski definition) is 0. The third-order valence-electron chi connectivity index (χ3n) is 4.90. The van der Waals surface area contributed by atoms with Gasteiger partial charge in [-0.25, -0.2) is 0 Å². The zero-order valence-electron chi connectivity index (χ0n) is 16.0. The van der Waals surface area contributed by atoms with E-state index in [1.807, 2.05) is 59.3 Å². The summed E-state index contributed by atoms with van der Waals surface area (Å²) in [6.07, 6.45) is 4.04. The Balaban J connectivity index is 0.00000240. The van der Waals surface area contributed by atoms with Crippen molar-refractivity contribution < 1.29 is 33.3 Å². The maximum absolute atomic E-state index is 12.6. The van der Waals surface area contributed by atoms with E-state index in [9.17, 15) is 4.79 Å². The summed E-state index contributed by atoms with van der Waals surface area (Å²) in [7, 11) is 0. The summed E-state index contributed by atoms with van der Waals surface area (Å²) in [5, 5.41) is 0. The van der Waals surface area contributed by atoms with Crippen LogP contribution in [0.25, 0.3) is 0 Å². The number of benzene rings is 3. The average Bonchev–Trinajstić information content (AvgIpc) is 2.76. The molecule has 0 radical (unpaired) electrons. The van der Waals surface area contributed by atoms with Crippen LogP contribution < -0.4 is 28.5 Å². The Kier molecular flexibility index (Phi) is 7.30. The van der Waals surface area contributed by atoms with E-state index in [1.54, 1.807) is 0 Å². The lowest BCUT2D eigenvalue weighted by Crippen LogP contribution is -3.00. The van der Waals surface area contributed by atoms with Gasteiger partial charge in [-0.2, -0.15) is 4.57 Å². The lowest BCUT2D eigenvalue weighted by atomic mass is 9.86. The fraction of sp³-hybridized carbons (Fsp3) is 0.0769. The molecule has 144 valence electrons. The molecular formula is C26H22INO. The summed E-state index contributed by atoms with van der Waals surface area (Å²) in [5.74, 6) is 0.236. The Hall–Kier alpha value is -2.79. The molecule has 3 aromatic carbocycles. The Morgan fingerprint density at radius 3 is 1.69 bits per heavy atom. The Morgan fingerprint density at radius 2 is 1.14 bits per heavy atom. The van der Waals surface area contributed by atoms with Crippen molar-refractivity contribution >= 4 is 5.78 Å². The molecule has 0 aliphatic carbocycles. The van der Waals surface area contributed by atoms with Crippen LogP contribution in [0.2, 0.25) is 0 Å². The highest BCUT2D eigenvalue weighted by molar-refractivity contribution is 5.94. The number of ketones is 1. The monoisotopic (exact) mass is 491 g/mol. The minimum absolute atomic E-state index is 0. The summed E-state index contributed by atoms with van der Waals surface area (Å²) in [6, 6.07) is 34.6. The molecule has 4 aromatic rings. The standard InChI is InChI=1S/C26H22NO.HI/c28-25(21-11-4-1-5-12-21)20-27-18-10-17-24(19-27)26(22-13-6-2-7-14-22)23-15-8-3-9-16-23;/h1-19,26H,20H2;1H/q+1;/p-1. The number of nitrogens with zero attached hydrogens (tertiary/aromatic N) is 1. The average molecular weight is 491 g/mol. The number of carbonyl (C=O) groups excluding carboxylic acids is 1. The Bertz CT molecular complexity index is 1010. The zero-order chi connectivity index (χ0) is 19.2. The molecule has 0 amide bonds. The zero-order valence-corrected chi connectivity index (χ0v) is 18.1. The van der Waals surface area contributed by atoms with E-state index in [4.69, 9.17) is 0 Å². The minimum Gasteiger partial charge on any atom is -1.00 e. The van der Waals surface area contributed by atoms with Crippen molar-refractivity contribution in [2.75, 3.05) is 0 Å². The van der Waals surface area contributed by atoms with Crippen molar-refractivity contribution in [3.63, 3.8) is 0 Å². The number of aromatic nitrogens is 1. The van der Waals surface area contributed by atoms with E-state index in [0.717, 1.165) is 5.56 Å². The smallest absolute Gasteiger partial charge is 0.227 e. The van der Waals surface area contributed by atoms with Crippen LogP contribution in [0, 0.1) is 0 Å². The van der Waals surface area contributed by atoms with E-state index < -0.39 is 0 Å². The molecule has 0 saturated carbocycles. The molecular weight excluding hydrogens is 469 g/mol. The quantitative estimate of drug-likeness (QED) is 0.230. The van der Waals surface area contributed by atoms with Crippen LogP contribution in [0.5, 0.6) is 0 Å². The number of hydrogen-bond acceptors (Lipinski definition) is 1. The second-order valence-electron chi connectivity index (χ2n) is 6.85. The highest BCUT2D eigenvalue weighted by atomic mass is 127. The highest BCUT2D eigenvalue weighted by Gasteiger charge is 2.20. The maximum Gasteiger partial charge on any atom is 0.227 e. The number of Topliss-reactive ketones (excluding diaryl/α,β-unsaturated/α-hetero) is 1. The molecule has 29 heavy (non-hydrogen) atoms. The van der Waals surface area contributed by atoms with Crippen molar-refractivity contribution in [2.45, 2.75) is 12.5 Å². The number of halogens is 1. The van der Waals surface area contributed by atoms with Gasteiger partial charge in [0.25, 0.3) is 0 Å². The fourth-order valence-corrected chi connectivity index (χ4v) is 3.56. The van der Waals surface area contributed by atoms with Gasteiger partial charge in [0, 0.05) is 23.1 Å². The molecule has 0 aliphatic heterocycles. The molecule has 3 heteroatoms. The normalized spacial score (nSPS) is 10.4. The topological polar surface area (TPSA) is 20.9 Å². The first-order valence-electron chi connectivity index (χ1n) is 9.48. The molecule has 0 bridgehead atoms. The first kappa shape index (κ1) is 20.9. The molecule has 0 unspecified atom stereocenters. The van der Waals surface area contributed by atoms with Gasteiger partial charge >= 0.3 is 0 Å². The molecule has 1 aromatic heterocycles. The second-order valence-corrected chi connectivity index (χ2v) is 6.85. The lowest BCUT2D eigenvalue weighted by molar-refractivity contribution is -0.683. The number of pyridine rings is 1. The van der Waals surface area contributed by atoms with E-state index in [2.05, 4.69) is 60.8 Å². The third-order valence-corrected chi connectivity index (χ3v) is 4.90. The van der Waals surface area contributed by atoms with Gasteiger partial charge in [0.05, 0.1) is 0 Å². The highest BCUT2D eigenvalue weighted by Crippen LogP contribution is 2.30. The van der Waals surface area contributed by atoms with Crippen LogP contribution in [0.15, 0.2) is 116 Å². The minimum atomic E-state index is 0. The van der Waals surface area contributed by atoms with E-state index in [1.165, 1.54) is 16.7 Å². The van der Waals surface area contributed by atoms with Gasteiger partial charge in [-0.3, -0.25) is 4.79 Å².